The number of nitrogens with two attached hydrogens (primary N) is 1. The van der Waals surface area contributed by atoms with Crippen LogP contribution < -0.4 is 5.90 Å². The summed E-state index contributed by atoms with van der Waals surface area (Å²) in [5, 5.41) is 9.97. The van der Waals surface area contributed by atoms with Crippen molar-refractivity contribution in [2.24, 2.45) is 5.90 Å². The molecule has 0 bridgehead atoms. The van der Waals surface area contributed by atoms with Gasteiger partial charge >= 0.3 is 5.97 Å². The molecule has 0 aliphatic rings. The summed E-state index contributed by atoms with van der Waals surface area (Å²) >= 11 is 0. The average Bonchev–Trinajstić information content (AvgIpc) is 2.64. The highest BCUT2D eigenvalue weighted by Crippen LogP contribution is 2.25. The zero-order valence-corrected chi connectivity index (χ0v) is 14.3. The van der Waals surface area contributed by atoms with Crippen LogP contribution in [0.15, 0.2) is 42.5 Å². The predicted octanol–water partition coefficient (Wildman–Crippen LogP) is 3.78. The Kier molecular flexibility index (Phi) is 6.71. The van der Waals surface area contributed by atoms with Gasteiger partial charge in [-0.15, -0.1) is 0 Å². The molecule has 0 aromatic heterocycles. The molecule has 2 aromatic carbocycles. The van der Waals surface area contributed by atoms with Crippen LogP contribution in [0.3, 0.4) is 0 Å². The third-order valence-corrected chi connectivity index (χ3v) is 4.18. The molecule has 132 valence electrons. The Labute approximate surface area is 147 Å². The summed E-state index contributed by atoms with van der Waals surface area (Å²) in [6, 6.07) is 11.3. The van der Waals surface area contributed by atoms with E-state index >= 15 is 0 Å². The van der Waals surface area contributed by atoms with Crippen LogP contribution in [0.4, 0.5) is 0 Å². The van der Waals surface area contributed by atoms with Crippen molar-refractivity contribution in [1.82, 2.24) is 0 Å². The molecule has 0 aliphatic carbocycles. The first-order valence-corrected chi connectivity index (χ1v) is 8.45. The predicted molar refractivity (Wildman–Crippen MR) is 95.4 cm³/mol. The molecule has 25 heavy (non-hydrogen) atoms. The Morgan fingerprint density at radius 3 is 2.32 bits per heavy atom. The van der Waals surface area contributed by atoms with E-state index in [1.165, 1.54) is 6.07 Å². The second-order valence-corrected chi connectivity index (χ2v) is 5.89. The van der Waals surface area contributed by atoms with Crippen molar-refractivity contribution < 1.29 is 19.5 Å². The summed E-state index contributed by atoms with van der Waals surface area (Å²) in [4.78, 5) is 29.3. The Balaban J connectivity index is 2.43. The number of hydrogen-bond acceptors (Lipinski definition) is 5. The molecule has 5 heteroatoms. The molecule has 0 saturated carbocycles. The van der Waals surface area contributed by atoms with Gasteiger partial charge in [0.1, 0.15) is 5.75 Å². The lowest BCUT2D eigenvalue weighted by Crippen LogP contribution is -2.16. The highest BCUT2D eigenvalue weighted by Gasteiger charge is 2.21. The van der Waals surface area contributed by atoms with Gasteiger partial charge in [-0.2, -0.15) is 5.90 Å². The summed E-state index contributed by atoms with van der Waals surface area (Å²) in [6.07, 6.45) is 4.61. The Morgan fingerprint density at radius 2 is 1.64 bits per heavy atom. The van der Waals surface area contributed by atoms with Gasteiger partial charge in [0.2, 0.25) is 0 Å². The quantitative estimate of drug-likeness (QED) is 0.433. The number of hydrogen-bond donors (Lipinski definition) is 2. The molecule has 5 nitrogen and oxygen atoms in total. The van der Waals surface area contributed by atoms with E-state index in [1.807, 2.05) is 0 Å². The molecule has 0 saturated heterocycles. The van der Waals surface area contributed by atoms with Gasteiger partial charge in [0, 0.05) is 5.56 Å². The van der Waals surface area contributed by atoms with E-state index in [0.29, 0.717) is 23.1 Å². The monoisotopic (exact) mass is 341 g/mol. The number of phenolic OH excluding ortho intramolecular Hbond substituents is 1. The highest BCUT2D eigenvalue weighted by molar-refractivity contribution is 6.12. The standard InChI is InChI=1S/C20H23NO4/c1-2-3-4-5-9-14-15(11-8-12-16(14)20(24)25-21)19(23)17-10-6-7-13-18(17)22/h6-8,10-13,22H,2-5,9,21H2,1H3. The molecule has 2 aromatic rings. The van der Waals surface area contributed by atoms with Crippen molar-refractivity contribution in [3.8, 4) is 5.75 Å². The van der Waals surface area contributed by atoms with E-state index < -0.39 is 5.97 Å². The number of carbonyl (C=O) groups excluding carboxylic acids is 2. The number of rotatable bonds is 8. The van der Waals surface area contributed by atoms with E-state index in [9.17, 15) is 14.7 Å². The number of ketones is 1. The van der Waals surface area contributed by atoms with Gasteiger partial charge < -0.3 is 9.94 Å². The fraction of sp³-hybridized carbons (Fsp3) is 0.300. The molecular formula is C20H23NO4. The molecular weight excluding hydrogens is 318 g/mol. The Hall–Kier alpha value is -2.66. The largest absolute Gasteiger partial charge is 0.507 e. The van der Waals surface area contributed by atoms with Crippen LogP contribution in [0.5, 0.6) is 5.75 Å². The lowest BCUT2D eigenvalue weighted by atomic mass is 9.91. The van der Waals surface area contributed by atoms with Crippen LogP contribution in [-0.4, -0.2) is 16.9 Å². The van der Waals surface area contributed by atoms with Gasteiger partial charge in [0.05, 0.1) is 11.1 Å². The van der Waals surface area contributed by atoms with Crippen molar-refractivity contribution >= 4 is 11.8 Å². The van der Waals surface area contributed by atoms with E-state index in [4.69, 9.17) is 5.90 Å². The van der Waals surface area contributed by atoms with E-state index in [0.717, 1.165) is 25.7 Å². The third kappa shape index (κ3) is 4.45. The van der Waals surface area contributed by atoms with Gasteiger partial charge in [0.15, 0.2) is 5.78 Å². The molecule has 0 atom stereocenters. The second-order valence-electron chi connectivity index (χ2n) is 5.89. The van der Waals surface area contributed by atoms with Crippen molar-refractivity contribution in [3.63, 3.8) is 0 Å². The first-order chi connectivity index (χ1) is 12.1. The molecule has 0 heterocycles. The summed E-state index contributed by atoms with van der Waals surface area (Å²) in [5.41, 5.74) is 1.50. The maximum Gasteiger partial charge on any atom is 0.356 e. The number of phenols is 1. The van der Waals surface area contributed by atoms with Crippen molar-refractivity contribution in [2.45, 2.75) is 39.0 Å². The van der Waals surface area contributed by atoms with E-state index in [1.54, 1.807) is 36.4 Å². The molecule has 0 radical (unpaired) electrons. The van der Waals surface area contributed by atoms with Crippen LogP contribution in [-0.2, 0) is 11.3 Å². The Morgan fingerprint density at radius 1 is 0.960 bits per heavy atom. The lowest BCUT2D eigenvalue weighted by molar-refractivity contribution is 0.0502. The van der Waals surface area contributed by atoms with Gasteiger partial charge in [-0.25, -0.2) is 4.79 Å². The maximum absolute atomic E-state index is 12.9. The van der Waals surface area contributed by atoms with Crippen LogP contribution in [0.25, 0.3) is 0 Å². The van der Waals surface area contributed by atoms with Crippen LogP contribution in [0.1, 0.15) is 64.4 Å². The smallest absolute Gasteiger partial charge is 0.356 e. The molecule has 2 rings (SSSR count). The topological polar surface area (TPSA) is 89.6 Å². The van der Waals surface area contributed by atoms with Crippen LogP contribution in [0.2, 0.25) is 0 Å². The number of aromatic hydroxyl groups is 1. The highest BCUT2D eigenvalue weighted by atomic mass is 16.7. The van der Waals surface area contributed by atoms with Gasteiger partial charge in [-0.3, -0.25) is 4.79 Å². The van der Waals surface area contributed by atoms with E-state index in [-0.39, 0.29) is 17.1 Å². The summed E-state index contributed by atoms with van der Waals surface area (Å²) in [6.45, 7) is 2.12. The minimum atomic E-state index is -0.669. The molecule has 0 fully saturated rings. The normalized spacial score (nSPS) is 10.5. The number of unbranched alkanes of at least 4 members (excludes halogenated alkanes) is 3. The van der Waals surface area contributed by atoms with Gasteiger partial charge in [-0.1, -0.05) is 50.5 Å². The zero-order valence-electron chi connectivity index (χ0n) is 14.3. The molecule has 0 aliphatic heterocycles. The van der Waals surface area contributed by atoms with Crippen molar-refractivity contribution in [1.29, 1.82) is 0 Å². The maximum atomic E-state index is 12.9. The molecule has 0 unspecified atom stereocenters. The second kappa shape index (κ2) is 8.99. The zero-order chi connectivity index (χ0) is 18.2. The average molecular weight is 341 g/mol. The van der Waals surface area contributed by atoms with Crippen LogP contribution in [0, 0.1) is 0 Å². The molecule has 3 N–H and O–H groups in total. The molecule has 0 spiro atoms. The number of carbonyl (C=O) groups is 2. The fourth-order valence-corrected chi connectivity index (χ4v) is 2.86. The van der Waals surface area contributed by atoms with Gasteiger partial charge in [-0.05, 0) is 36.6 Å². The minimum absolute atomic E-state index is 0.0868. The van der Waals surface area contributed by atoms with Gasteiger partial charge in [0.25, 0.3) is 0 Å². The van der Waals surface area contributed by atoms with E-state index in [2.05, 4.69) is 11.8 Å². The third-order valence-electron chi connectivity index (χ3n) is 4.18. The SMILES string of the molecule is CCCCCCc1c(C(=O)ON)cccc1C(=O)c1ccccc1O. The van der Waals surface area contributed by atoms with Crippen LogP contribution >= 0.6 is 0 Å². The summed E-state index contributed by atoms with van der Waals surface area (Å²) < 4.78 is 0. The lowest BCUT2D eigenvalue weighted by Gasteiger charge is -2.13. The Bertz CT molecular complexity index is 755. The first kappa shape index (κ1) is 18.7. The summed E-state index contributed by atoms with van der Waals surface area (Å²) in [7, 11) is 0. The summed E-state index contributed by atoms with van der Waals surface area (Å²) in [5.74, 6) is 3.96. The van der Waals surface area contributed by atoms with Crippen molar-refractivity contribution in [2.75, 3.05) is 0 Å². The number of para-hydroxylation sites is 1. The fourth-order valence-electron chi connectivity index (χ4n) is 2.86. The first-order valence-electron chi connectivity index (χ1n) is 8.45. The number of benzene rings is 2. The molecule has 0 amide bonds. The minimum Gasteiger partial charge on any atom is -0.507 e. The van der Waals surface area contributed by atoms with Crippen molar-refractivity contribution in [3.05, 3.63) is 64.7 Å².